The van der Waals surface area contributed by atoms with E-state index in [9.17, 15) is 4.79 Å². The molecule has 1 amide bonds. The van der Waals surface area contributed by atoms with Gasteiger partial charge in [0.25, 0.3) is 5.91 Å². The van der Waals surface area contributed by atoms with Gasteiger partial charge in [-0.2, -0.15) is 0 Å². The van der Waals surface area contributed by atoms with Crippen LogP contribution in [-0.4, -0.2) is 12.5 Å². The van der Waals surface area contributed by atoms with E-state index >= 15 is 0 Å². The summed E-state index contributed by atoms with van der Waals surface area (Å²) in [5.41, 5.74) is 7.40. The van der Waals surface area contributed by atoms with Gasteiger partial charge < -0.3 is 15.8 Å². The highest BCUT2D eigenvalue weighted by Crippen LogP contribution is 2.26. The van der Waals surface area contributed by atoms with E-state index in [4.69, 9.17) is 22.1 Å². The molecule has 4 nitrogen and oxygen atoms in total. The molecule has 0 atom stereocenters. The number of nitrogens with two attached hydrogens (primary N) is 1. The quantitative estimate of drug-likeness (QED) is 0.822. The smallest absolute Gasteiger partial charge is 0.255 e. The highest BCUT2D eigenvalue weighted by Gasteiger charge is 2.09. The number of nitrogen functional groups attached to an aromatic ring is 1. The van der Waals surface area contributed by atoms with Gasteiger partial charge in [-0.25, -0.2) is 0 Å². The molecule has 3 N–H and O–H groups in total. The molecule has 0 aliphatic carbocycles. The van der Waals surface area contributed by atoms with Crippen molar-refractivity contribution < 1.29 is 9.53 Å². The van der Waals surface area contributed by atoms with Crippen LogP contribution in [0.2, 0.25) is 5.02 Å². The lowest BCUT2D eigenvalue weighted by Gasteiger charge is -2.09. The summed E-state index contributed by atoms with van der Waals surface area (Å²) in [4.78, 5) is 12.1. The summed E-state index contributed by atoms with van der Waals surface area (Å²) in [5.74, 6) is 0.353. The number of carbonyl (C=O) groups is 1. The Labute approximate surface area is 128 Å². The van der Waals surface area contributed by atoms with Gasteiger partial charge in [-0.05, 0) is 48.9 Å². The zero-order valence-corrected chi connectivity index (χ0v) is 12.5. The minimum absolute atomic E-state index is 0.233. The molecule has 0 aromatic heterocycles. The summed E-state index contributed by atoms with van der Waals surface area (Å²) in [7, 11) is 0. The van der Waals surface area contributed by atoms with Crippen molar-refractivity contribution in [3.63, 3.8) is 0 Å². The first-order valence-corrected chi connectivity index (χ1v) is 7.07. The van der Waals surface area contributed by atoms with E-state index in [1.54, 1.807) is 42.5 Å². The summed E-state index contributed by atoms with van der Waals surface area (Å²) >= 11 is 6.11. The molecule has 0 bridgehead atoms. The van der Waals surface area contributed by atoms with Crippen LogP contribution in [-0.2, 0) is 0 Å². The fourth-order valence-corrected chi connectivity index (χ4v) is 1.98. The first-order valence-electron chi connectivity index (χ1n) is 6.69. The van der Waals surface area contributed by atoms with E-state index in [2.05, 4.69) is 5.32 Å². The van der Waals surface area contributed by atoms with Crippen molar-refractivity contribution in [2.24, 2.45) is 0 Å². The van der Waals surface area contributed by atoms with E-state index in [1.165, 1.54) is 0 Å². The van der Waals surface area contributed by atoms with Gasteiger partial charge >= 0.3 is 0 Å². The fraction of sp³-hybridized carbons (Fsp3) is 0.188. The molecule has 5 heteroatoms. The average Bonchev–Trinajstić information content (AvgIpc) is 2.48. The number of anilines is 2. The summed E-state index contributed by atoms with van der Waals surface area (Å²) in [5, 5.41) is 3.21. The van der Waals surface area contributed by atoms with Crippen LogP contribution in [0.1, 0.15) is 23.7 Å². The third-order valence-corrected chi connectivity index (χ3v) is 3.12. The number of benzene rings is 2. The molecule has 0 fully saturated rings. The molecule has 2 aromatic rings. The second-order valence-electron chi connectivity index (χ2n) is 4.57. The van der Waals surface area contributed by atoms with Crippen molar-refractivity contribution in [3.8, 4) is 5.75 Å². The van der Waals surface area contributed by atoms with Crippen LogP contribution >= 0.6 is 11.6 Å². The number of halogens is 1. The number of carbonyl (C=O) groups excluding carboxylic acids is 1. The Morgan fingerprint density at radius 1 is 1.24 bits per heavy atom. The maximum Gasteiger partial charge on any atom is 0.255 e. The molecule has 0 radical (unpaired) electrons. The fourth-order valence-electron chi connectivity index (χ4n) is 1.74. The van der Waals surface area contributed by atoms with Gasteiger partial charge in [0.1, 0.15) is 5.75 Å². The van der Waals surface area contributed by atoms with Gasteiger partial charge in [0, 0.05) is 16.9 Å². The number of amides is 1. The molecular weight excluding hydrogens is 288 g/mol. The van der Waals surface area contributed by atoms with Gasteiger partial charge in [-0.1, -0.05) is 18.5 Å². The third-order valence-electron chi connectivity index (χ3n) is 2.82. The summed E-state index contributed by atoms with van der Waals surface area (Å²) in [6, 6.07) is 11.9. The van der Waals surface area contributed by atoms with Crippen molar-refractivity contribution in [3.05, 3.63) is 53.1 Å². The minimum Gasteiger partial charge on any atom is -0.492 e. The highest BCUT2D eigenvalue weighted by molar-refractivity contribution is 6.32. The Hall–Kier alpha value is -2.20. The summed E-state index contributed by atoms with van der Waals surface area (Å²) in [6.45, 7) is 2.61. The van der Waals surface area contributed by atoms with Crippen molar-refractivity contribution in [1.82, 2.24) is 0 Å². The molecular formula is C16H17ClN2O2. The SMILES string of the molecule is CCCOc1ccc(C(=O)Nc2ccc(N)cc2)cc1Cl. The van der Waals surface area contributed by atoms with Gasteiger partial charge in [0.05, 0.1) is 11.6 Å². The first-order chi connectivity index (χ1) is 10.1. The van der Waals surface area contributed by atoms with E-state index in [-0.39, 0.29) is 5.91 Å². The van der Waals surface area contributed by atoms with E-state index < -0.39 is 0 Å². The van der Waals surface area contributed by atoms with Gasteiger partial charge in [-0.15, -0.1) is 0 Å². The highest BCUT2D eigenvalue weighted by atomic mass is 35.5. The maximum atomic E-state index is 12.1. The molecule has 21 heavy (non-hydrogen) atoms. The van der Waals surface area contributed by atoms with E-state index in [0.717, 1.165) is 6.42 Å². The van der Waals surface area contributed by atoms with Crippen LogP contribution in [0.25, 0.3) is 0 Å². The Bertz CT molecular complexity index is 627. The van der Waals surface area contributed by atoms with Crippen LogP contribution in [0.15, 0.2) is 42.5 Å². The predicted molar refractivity (Wildman–Crippen MR) is 86.0 cm³/mol. The van der Waals surface area contributed by atoms with Crippen LogP contribution in [0.3, 0.4) is 0 Å². The van der Waals surface area contributed by atoms with Crippen LogP contribution in [0.4, 0.5) is 11.4 Å². The standard InChI is InChI=1S/C16H17ClN2O2/c1-2-9-21-15-8-3-11(10-14(15)17)16(20)19-13-6-4-12(18)5-7-13/h3-8,10H,2,9,18H2,1H3,(H,19,20). The number of rotatable bonds is 5. The molecule has 0 saturated carbocycles. The molecule has 0 aliphatic heterocycles. The van der Waals surface area contributed by atoms with Gasteiger partial charge in [0.2, 0.25) is 0 Å². The number of nitrogens with one attached hydrogen (secondary N) is 1. The Kier molecular flexibility index (Phi) is 5.06. The number of ether oxygens (including phenoxy) is 1. The average molecular weight is 305 g/mol. The maximum absolute atomic E-state index is 12.1. The molecule has 0 aliphatic rings. The molecule has 0 saturated heterocycles. The second-order valence-corrected chi connectivity index (χ2v) is 4.98. The Balaban J connectivity index is 2.08. The van der Waals surface area contributed by atoms with Crippen molar-refractivity contribution in [2.45, 2.75) is 13.3 Å². The Morgan fingerprint density at radius 2 is 1.95 bits per heavy atom. The molecule has 0 heterocycles. The summed E-state index contributed by atoms with van der Waals surface area (Å²) < 4.78 is 5.47. The molecule has 110 valence electrons. The third kappa shape index (κ3) is 4.13. The number of hydrogen-bond donors (Lipinski definition) is 2. The summed E-state index contributed by atoms with van der Waals surface area (Å²) in [6.07, 6.45) is 0.899. The minimum atomic E-state index is -0.233. The lowest BCUT2D eigenvalue weighted by Crippen LogP contribution is -2.12. The molecule has 2 aromatic carbocycles. The number of hydrogen-bond acceptors (Lipinski definition) is 3. The van der Waals surface area contributed by atoms with Crippen LogP contribution in [0.5, 0.6) is 5.75 Å². The molecule has 0 spiro atoms. The van der Waals surface area contributed by atoms with E-state index in [1.807, 2.05) is 6.92 Å². The van der Waals surface area contributed by atoms with Crippen LogP contribution < -0.4 is 15.8 Å². The van der Waals surface area contributed by atoms with Crippen molar-refractivity contribution in [2.75, 3.05) is 17.7 Å². The lowest BCUT2D eigenvalue weighted by molar-refractivity contribution is 0.102. The second kappa shape index (κ2) is 6.99. The normalized spacial score (nSPS) is 10.2. The largest absolute Gasteiger partial charge is 0.492 e. The van der Waals surface area contributed by atoms with Crippen molar-refractivity contribution >= 4 is 28.9 Å². The monoisotopic (exact) mass is 304 g/mol. The predicted octanol–water partition coefficient (Wildman–Crippen LogP) is 3.96. The Morgan fingerprint density at radius 3 is 2.57 bits per heavy atom. The van der Waals surface area contributed by atoms with Crippen molar-refractivity contribution in [1.29, 1.82) is 0 Å². The topological polar surface area (TPSA) is 64.3 Å². The van der Waals surface area contributed by atoms with Gasteiger partial charge in [0.15, 0.2) is 0 Å². The zero-order valence-electron chi connectivity index (χ0n) is 11.7. The molecule has 0 unspecified atom stereocenters. The van der Waals surface area contributed by atoms with Gasteiger partial charge in [-0.3, -0.25) is 4.79 Å². The molecule has 2 rings (SSSR count). The zero-order chi connectivity index (χ0) is 15.2. The first kappa shape index (κ1) is 15.2. The van der Waals surface area contributed by atoms with E-state index in [0.29, 0.717) is 34.3 Å². The van der Waals surface area contributed by atoms with Crippen LogP contribution in [0, 0.1) is 0 Å². The lowest BCUT2D eigenvalue weighted by atomic mass is 10.2.